The molecule has 0 aliphatic carbocycles. The van der Waals surface area contributed by atoms with Crippen LogP contribution in [0, 0.1) is 13.8 Å². The van der Waals surface area contributed by atoms with Crippen LogP contribution in [0.3, 0.4) is 0 Å². The van der Waals surface area contributed by atoms with E-state index in [0.717, 1.165) is 16.8 Å². The number of nitrogens with zero attached hydrogens (tertiary/aromatic N) is 1. The Hall–Kier alpha value is -3.68. The average Bonchev–Trinajstić information content (AvgIpc) is 2.69. The van der Waals surface area contributed by atoms with E-state index >= 15 is 0 Å². The molecule has 0 aliphatic rings. The van der Waals surface area contributed by atoms with Crippen LogP contribution in [-0.2, 0) is 14.4 Å². The van der Waals surface area contributed by atoms with Gasteiger partial charge < -0.3 is 15.4 Å². The van der Waals surface area contributed by atoms with Crippen LogP contribution in [0.5, 0.6) is 5.75 Å². The summed E-state index contributed by atoms with van der Waals surface area (Å²) in [6, 6.07) is 12.4. The second kappa shape index (κ2) is 9.86. The van der Waals surface area contributed by atoms with Crippen molar-refractivity contribution >= 4 is 29.6 Å². The molecule has 0 unspecified atom stereocenters. The average molecular weight is 382 g/mol. The highest BCUT2D eigenvalue weighted by atomic mass is 16.5. The van der Waals surface area contributed by atoms with Gasteiger partial charge in [0.25, 0.3) is 5.91 Å². The van der Waals surface area contributed by atoms with Crippen LogP contribution in [0.15, 0.2) is 47.6 Å². The lowest BCUT2D eigenvalue weighted by Crippen LogP contribution is -2.35. The maximum atomic E-state index is 12.0. The largest absolute Gasteiger partial charge is 0.484 e. The van der Waals surface area contributed by atoms with Crippen molar-refractivity contribution in [3.05, 3.63) is 59.2 Å². The monoisotopic (exact) mass is 382 g/mol. The number of ether oxygens (including phenoxy) is 1. The van der Waals surface area contributed by atoms with Gasteiger partial charge in [-0.15, -0.1) is 0 Å². The minimum absolute atomic E-state index is 0.122. The summed E-state index contributed by atoms with van der Waals surface area (Å²) in [5, 5.41) is 8.66. The highest BCUT2D eigenvalue weighted by Crippen LogP contribution is 2.15. The van der Waals surface area contributed by atoms with Crippen molar-refractivity contribution in [1.29, 1.82) is 0 Å². The predicted octanol–water partition coefficient (Wildman–Crippen LogP) is 1.52. The van der Waals surface area contributed by atoms with E-state index in [9.17, 15) is 14.4 Å². The van der Waals surface area contributed by atoms with E-state index in [1.807, 2.05) is 32.0 Å². The van der Waals surface area contributed by atoms with Gasteiger partial charge in [0, 0.05) is 12.7 Å². The number of rotatable bonds is 6. The third-order valence-electron chi connectivity index (χ3n) is 3.85. The van der Waals surface area contributed by atoms with E-state index in [0.29, 0.717) is 11.3 Å². The lowest BCUT2D eigenvalue weighted by atomic mass is 10.1. The number of carbonyl (C=O) groups is 3. The molecule has 8 heteroatoms. The number of anilines is 1. The first-order valence-corrected chi connectivity index (χ1v) is 8.54. The Labute approximate surface area is 163 Å². The molecule has 0 fully saturated rings. The summed E-state index contributed by atoms with van der Waals surface area (Å²) in [5.41, 5.74) is 5.77. The number of benzene rings is 2. The van der Waals surface area contributed by atoms with E-state index in [2.05, 4.69) is 21.2 Å². The Morgan fingerprint density at radius 1 is 1.00 bits per heavy atom. The summed E-state index contributed by atoms with van der Waals surface area (Å²) in [6.45, 7) is 3.87. The number of aryl methyl sites for hydroxylation is 2. The van der Waals surface area contributed by atoms with E-state index in [4.69, 9.17) is 4.74 Å². The van der Waals surface area contributed by atoms with Crippen molar-refractivity contribution in [2.24, 2.45) is 5.10 Å². The maximum absolute atomic E-state index is 12.0. The van der Waals surface area contributed by atoms with Crippen molar-refractivity contribution < 1.29 is 19.1 Å². The van der Waals surface area contributed by atoms with Crippen molar-refractivity contribution in [1.82, 2.24) is 10.7 Å². The van der Waals surface area contributed by atoms with Gasteiger partial charge in [-0.25, -0.2) is 5.43 Å². The Morgan fingerprint density at radius 2 is 1.71 bits per heavy atom. The standard InChI is InChI=1S/C20H22N4O4/c1-13-4-7-16(10-14(13)2)23-18(25)12-28-17-8-5-15(6-9-17)11-22-24-20(27)19(26)21-3/h4-11H,12H2,1-3H3,(H,21,26)(H,23,25)(H,24,27)/b22-11-. The first-order valence-electron chi connectivity index (χ1n) is 8.54. The molecular weight excluding hydrogens is 360 g/mol. The Morgan fingerprint density at radius 3 is 2.36 bits per heavy atom. The molecule has 0 bridgehead atoms. The summed E-state index contributed by atoms with van der Waals surface area (Å²) in [6.07, 6.45) is 1.39. The predicted molar refractivity (Wildman–Crippen MR) is 106 cm³/mol. The molecule has 3 N–H and O–H groups in total. The fraction of sp³-hybridized carbons (Fsp3) is 0.200. The molecule has 146 valence electrons. The zero-order valence-corrected chi connectivity index (χ0v) is 15.9. The summed E-state index contributed by atoms with van der Waals surface area (Å²) >= 11 is 0. The normalized spacial score (nSPS) is 10.4. The highest BCUT2D eigenvalue weighted by molar-refractivity contribution is 6.34. The molecule has 0 atom stereocenters. The van der Waals surface area contributed by atoms with Crippen LogP contribution in [0.1, 0.15) is 16.7 Å². The number of hydrazone groups is 1. The minimum Gasteiger partial charge on any atom is -0.484 e. The topological polar surface area (TPSA) is 109 Å². The number of hydrogen-bond donors (Lipinski definition) is 3. The zero-order valence-electron chi connectivity index (χ0n) is 15.9. The number of hydrogen-bond acceptors (Lipinski definition) is 5. The Bertz CT molecular complexity index is 892. The van der Waals surface area contributed by atoms with Gasteiger partial charge in [0.05, 0.1) is 6.21 Å². The van der Waals surface area contributed by atoms with Crippen molar-refractivity contribution in [2.45, 2.75) is 13.8 Å². The second-order valence-electron chi connectivity index (χ2n) is 5.98. The van der Waals surface area contributed by atoms with Gasteiger partial charge >= 0.3 is 11.8 Å². The molecule has 0 spiro atoms. The van der Waals surface area contributed by atoms with E-state index < -0.39 is 11.8 Å². The smallest absolute Gasteiger partial charge is 0.329 e. The molecule has 2 aromatic rings. The van der Waals surface area contributed by atoms with Gasteiger partial charge in [0.1, 0.15) is 5.75 Å². The van der Waals surface area contributed by atoms with Gasteiger partial charge in [-0.1, -0.05) is 6.07 Å². The molecule has 0 heterocycles. The first-order chi connectivity index (χ1) is 13.4. The first kappa shape index (κ1) is 20.6. The fourth-order valence-corrected chi connectivity index (χ4v) is 2.14. The van der Waals surface area contributed by atoms with Crippen molar-refractivity contribution in [3.8, 4) is 5.75 Å². The minimum atomic E-state index is -0.853. The summed E-state index contributed by atoms with van der Waals surface area (Å²) < 4.78 is 5.46. The van der Waals surface area contributed by atoms with Crippen LogP contribution in [0.25, 0.3) is 0 Å². The number of carbonyl (C=O) groups excluding carboxylic acids is 3. The molecule has 3 amide bonds. The van der Waals surface area contributed by atoms with Gasteiger partial charge in [-0.05, 0) is 66.9 Å². The van der Waals surface area contributed by atoms with E-state index in [-0.39, 0.29) is 12.5 Å². The molecule has 8 nitrogen and oxygen atoms in total. The quantitative estimate of drug-likeness (QED) is 0.400. The molecule has 2 rings (SSSR count). The molecule has 0 saturated heterocycles. The molecule has 0 aliphatic heterocycles. The number of likely N-dealkylation sites (N-methyl/N-ethyl adjacent to an activating group) is 1. The molecule has 28 heavy (non-hydrogen) atoms. The Balaban J connectivity index is 1.81. The second-order valence-corrected chi connectivity index (χ2v) is 5.98. The third kappa shape index (κ3) is 6.24. The summed E-state index contributed by atoms with van der Waals surface area (Å²) in [5.74, 6) is -1.37. The molecule has 2 aromatic carbocycles. The number of nitrogens with one attached hydrogen (secondary N) is 3. The molecule has 0 saturated carbocycles. The molecule has 0 radical (unpaired) electrons. The lowest BCUT2D eigenvalue weighted by Gasteiger charge is -2.09. The third-order valence-corrected chi connectivity index (χ3v) is 3.85. The zero-order chi connectivity index (χ0) is 20.5. The van der Waals surface area contributed by atoms with Crippen LogP contribution in [0.4, 0.5) is 5.69 Å². The van der Waals surface area contributed by atoms with Gasteiger partial charge in [-0.3, -0.25) is 14.4 Å². The fourth-order valence-electron chi connectivity index (χ4n) is 2.14. The van der Waals surface area contributed by atoms with E-state index in [1.165, 1.54) is 13.3 Å². The van der Waals surface area contributed by atoms with Crippen molar-refractivity contribution in [2.75, 3.05) is 19.0 Å². The van der Waals surface area contributed by atoms with E-state index in [1.54, 1.807) is 24.3 Å². The number of amides is 3. The van der Waals surface area contributed by atoms with Crippen LogP contribution >= 0.6 is 0 Å². The van der Waals surface area contributed by atoms with Crippen LogP contribution in [0.2, 0.25) is 0 Å². The SMILES string of the molecule is CNC(=O)C(=O)N/N=C\c1ccc(OCC(=O)Nc2ccc(C)c(C)c2)cc1. The summed E-state index contributed by atoms with van der Waals surface area (Å²) in [7, 11) is 1.35. The van der Waals surface area contributed by atoms with Crippen molar-refractivity contribution in [3.63, 3.8) is 0 Å². The maximum Gasteiger partial charge on any atom is 0.329 e. The van der Waals surface area contributed by atoms with Crippen LogP contribution in [-0.4, -0.2) is 37.6 Å². The summed E-state index contributed by atoms with van der Waals surface area (Å²) in [4.78, 5) is 34.3. The highest BCUT2D eigenvalue weighted by Gasteiger charge is 2.08. The molecule has 0 aromatic heterocycles. The van der Waals surface area contributed by atoms with Gasteiger partial charge in [0.2, 0.25) is 0 Å². The van der Waals surface area contributed by atoms with Crippen LogP contribution < -0.4 is 20.8 Å². The van der Waals surface area contributed by atoms with Gasteiger partial charge in [0.15, 0.2) is 6.61 Å². The Kier molecular flexibility index (Phi) is 7.27. The lowest BCUT2D eigenvalue weighted by molar-refractivity contribution is -0.138. The molecular formula is C20H22N4O4. The van der Waals surface area contributed by atoms with Gasteiger partial charge in [-0.2, -0.15) is 5.10 Å².